The van der Waals surface area contributed by atoms with Crippen LogP contribution in [0.4, 0.5) is 11.5 Å². The summed E-state index contributed by atoms with van der Waals surface area (Å²) in [5, 5.41) is 2.06. The number of methoxy groups -OCH3 is 1. The molecule has 1 aromatic heterocycles. The summed E-state index contributed by atoms with van der Waals surface area (Å²) in [6.45, 7) is 5.49. The number of aryl methyl sites for hydroxylation is 1. The molecule has 0 aliphatic carbocycles. The molecule has 0 atom stereocenters. The van der Waals surface area contributed by atoms with E-state index in [9.17, 15) is 0 Å². The normalized spacial score (nSPS) is 14.6. The third-order valence-corrected chi connectivity index (χ3v) is 5.57. The number of rotatable bonds is 4. The van der Waals surface area contributed by atoms with Crippen LogP contribution in [0.5, 0.6) is 5.75 Å². The van der Waals surface area contributed by atoms with Crippen LogP contribution in [-0.2, 0) is 6.42 Å². The van der Waals surface area contributed by atoms with Gasteiger partial charge in [-0.1, -0.05) is 42.3 Å². The number of ether oxygens (including phenoxy) is 1. The molecule has 28 heavy (non-hydrogen) atoms. The summed E-state index contributed by atoms with van der Waals surface area (Å²) in [5.74, 6) is 2.60. The molecule has 146 valence electrons. The second-order valence-electron chi connectivity index (χ2n) is 6.75. The first-order chi connectivity index (χ1) is 13.6. The zero-order valence-corrected chi connectivity index (χ0v) is 17.5. The Morgan fingerprint density at radius 1 is 1.00 bits per heavy atom. The van der Waals surface area contributed by atoms with Crippen molar-refractivity contribution < 1.29 is 4.74 Å². The van der Waals surface area contributed by atoms with Crippen LogP contribution in [0.1, 0.15) is 12.7 Å². The first-order valence-electron chi connectivity index (χ1n) is 9.39. The summed E-state index contributed by atoms with van der Waals surface area (Å²) in [6, 6.07) is 11.8. The molecule has 2 heterocycles. The maximum atomic E-state index is 6.42. The van der Waals surface area contributed by atoms with E-state index in [2.05, 4.69) is 20.9 Å². The van der Waals surface area contributed by atoms with Gasteiger partial charge in [-0.15, -0.1) is 0 Å². The van der Waals surface area contributed by atoms with Gasteiger partial charge in [-0.25, -0.2) is 9.97 Å². The van der Waals surface area contributed by atoms with Crippen LogP contribution in [0.3, 0.4) is 0 Å². The van der Waals surface area contributed by atoms with Crippen molar-refractivity contribution >= 4 is 45.6 Å². The Kier molecular flexibility index (Phi) is 5.47. The highest BCUT2D eigenvalue weighted by Crippen LogP contribution is 2.34. The van der Waals surface area contributed by atoms with E-state index in [1.807, 2.05) is 31.2 Å². The van der Waals surface area contributed by atoms with Crippen molar-refractivity contribution in [2.45, 2.75) is 13.3 Å². The van der Waals surface area contributed by atoms with Crippen molar-refractivity contribution in [3.63, 3.8) is 0 Å². The van der Waals surface area contributed by atoms with Crippen LogP contribution in [0.15, 0.2) is 36.4 Å². The molecule has 0 bridgehead atoms. The van der Waals surface area contributed by atoms with Crippen molar-refractivity contribution in [1.82, 2.24) is 9.97 Å². The summed E-state index contributed by atoms with van der Waals surface area (Å²) in [7, 11) is 1.71. The average molecular weight is 417 g/mol. The third kappa shape index (κ3) is 3.56. The SMILES string of the molecule is CCc1nc(N2CCN(c3ccccc3OC)CC2)c2cc(Cl)cc(Cl)c2n1. The summed E-state index contributed by atoms with van der Waals surface area (Å²) >= 11 is 12.7. The van der Waals surface area contributed by atoms with Gasteiger partial charge in [-0.2, -0.15) is 0 Å². The maximum absolute atomic E-state index is 6.42. The van der Waals surface area contributed by atoms with Crippen molar-refractivity contribution in [3.8, 4) is 5.75 Å². The van der Waals surface area contributed by atoms with E-state index in [1.165, 1.54) is 0 Å². The molecule has 0 N–H and O–H groups in total. The van der Waals surface area contributed by atoms with Gasteiger partial charge in [0.15, 0.2) is 0 Å². The molecule has 1 aliphatic heterocycles. The summed E-state index contributed by atoms with van der Waals surface area (Å²) in [5.41, 5.74) is 1.89. The number of hydrogen-bond acceptors (Lipinski definition) is 5. The zero-order valence-electron chi connectivity index (χ0n) is 16.0. The number of piperazine rings is 1. The molecule has 0 spiro atoms. The molecule has 5 nitrogen and oxygen atoms in total. The molecule has 0 radical (unpaired) electrons. The second-order valence-corrected chi connectivity index (χ2v) is 7.59. The van der Waals surface area contributed by atoms with Gasteiger partial charge in [0.25, 0.3) is 0 Å². The summed E-state index contributed by atoms with van der Waals surface area (Å²) < 4.78 is 5.52. The highest BCUT2D eigenvalue weighted by molar-refractivity contribution is 6.38. The molecule has 0 amide bonds. The summed E-state index contributed by atoms with van der Waals surface area (Å²) in [4.78, 5) is 14.1. The molecule has 1 fully saturated rings. The first kappa shape index (κ1) is 19.1. The van der Waals surface area contributed by atoms with Gasteiger partial charge in [0, 0.05) is 43.0 Å². The molecule has 0 unspecified atom stereocenters. The Morgan fingerprint density at radius 2 is 1.71 bits per heavy atom. The maximum Gasteiger partial charge on any atom is 0.142 e. The molecule has 3 aromatic rings. The standard InChI is InChI=1S/C21H22Cl2N4O/c1-3-19-24-20-15(12-14(22)13-16(20)23)21(25-19)27-10-8-26(9-11-27)17-6-4-5-7-18(17)28-2/h4-7,12-13H,3,8-11H2,1-2H3. The molecule has 0 saturated carbocycles. The lowest BCUT2D eigenvalue weighted by molar-refractivity contribution is 0.413. The van der Waals surface area contributed by atoms with Crippen LogP contribution < -0.4 is 14.5 Å². The highest BCUT2D eigenvalue weighted by atomic mass is 35.5. The minimum atomic E-state index is 0.563. The Morgan fingerprint density at radius 3 is 2.43 bits per heavy atom. The van der Waals surface area contributed by atoms with Gasteiger partial charge in [-0.3, -0.25) is 0 Å². The van der Waals surface area contributed by atoms with Crippen LogP contribution in [0, 0.1) is 0 Å². The van der Waals surface area contributed by atoms with E-state index in [0.717, 1.165) is 66.6 Å². The fourth-order valence-corrected chi connectivity index (χ4v) is 4.17. The van der Waals surface area contributed by atoms with Crippen molar-refractivity contribution in [1.29, 1.82) is 0 Å². The van der Waals surface area contributed by atoms with Crippen molar-refractivity contribution in [2.24, 2.45) is 0 Å². The fraction of sp³-hybridized carbons (Fsp3) is 0.333. The molecule has 2 aromatic carbocycles. The molecule has 4 rings (SSSR count). The Balaban J connectivity index is 1.65. The van der Waals surface area contributed by atoms with Gasteiger partial charge in [-0.05, 0) is 24.3 Å². The number of aromatic nitrogens is 2. The minimum absolute atomic E-state index is 0.563. The minimum Gasteiger partial charge on any atom is -0.495 e. The number of benzene rings is 2. The number of para-hydroxylation sites is 2. The van der Waals surface area contributed by atoms with E-state index in [-0.39, 0.29) is 0 Å². The van der Waals surface area contributed by atoms with Gasteiger partial charge < -0.3 is 14.5 Å². The predicted octanol–water partition coefficient (Wildman–Crippen LogP) is 4.83. The number of fused-ring (bicyclic) bond motifs is 1. The van der Waals surface area contributed by atoms with Crippen LogP contribution in [0.2, 0.25) is 10.0 Å². The number of nitrogens with zero attached hydrogens (tertiary/aromatic N) is 4. The number of anilines is 2. The molecule has 1 saturated heterocycles. The van der Waals surface area contributed by atoms with E-state index in [1.54, 1.807) is 13.2 Å². The van der Waals surface area contributed by atoms with Crippen LogP contribution in [0.25, 0.3) is 10.9 Å². The Bertz CT molecular complexity index is 1000. The largest absolute Gasteiger partial charge is 0.495 e. The lowest BCUT2D eigenvalue weighted by Crippen LogP contribution is -2.47. The molecular formula is C21H22Cl2N4O. The smallest absolute Gasteiger partial charge is 0.142 e. The molecular weight excluding hydrogens is 395 g/mol. The summed E-state index contributed by atoms with van der Waals surface area (Å²) in [6.07, 6.45) is 0.753. The highest BCUT2D eigenvalue weighted by Gasteiger charge is 2.23. The van der Waals surface area contributed by atoms with Gasteiger partial charge in [0.05, 0.1) is 23.3 Å². The lowest BCUT2D eigenvalue weighted by atomic mass is 10.2. The quantitative estimate of drug-likeness (QED) is 0.608. The average Bonchev–Trinajstić information content (AvgIpc) is 2.73. The van der Waals surface area contributed by atoms with Crippen molar-refractivity contribution in [2.75, 3.05) is 43.1 Å². The number of hydrogen-bond donors (Lipinski definition) is 0. The molecule has 7 heteroatoms. The second kappa shape index (κ2) is 8.02. The molecule has 1 aliphatic rings. The van der Waals surface area contributed by atoms with E-state index in [4.69, 9.17) is 32.9 Å². The van der Waals surface area contributed by atoms with E-state index >= 15 is 0 Å². The Labute approximate surface area is 174 Å². The van der Waals surface area contributed by atoms with Gasteiger partial charge in [0.2, 0.25) is 0 Å². The van der Waals surface area contributed by atoms with E-state index < -0.39 is 0 Å². The van der Waals surface area contributed by atoms with Gasteiger partial charge >= 0.3 is 0 Å². The fourth-order valence-electron chi connectivity index (χ4n) is 3.64. The third-order valence-electron chi connectivity index (χ3n) is 5.07. The topological polar surface area (TPSA) is 41.5 Å². The first-order valence-corrected chi connectivity index (χ1v) is 10.1. The number of halogens is 2. The zero-order chi connectivity index (χ0) is 19.7. The van der Waals surface area contributed by atoms with E-state index in [0.29, 0.717) is 10.0 Å². The van der Waals surface area contributed by atoms with Crippen LogP contribution in [-0.4, -0.2) is 43.3 Å². The van der Waals surface area contributed by atoms with Gasteiger partial charge in [0.1, 0.15) is 17.4 Å². The monoisotopic (exact) mass is 416 g/mol. The lowest BCUT2D eigenvalue weighted by Gasteiger charge is -2.37. The Hall–Kier alpha value is -2.24. The van der Waals surface area contributed by atoms with Crippen LogP contribution >= 0.6 is 23.2 Å². The van der Waals surface area contributed by atoms with Crippen molar-refractivity contribution in [3.05, 3.63) is 52.3 Å². The predicted molar refractivity (Wildman–Crippen MR) is 116 cm³/mol.